The largest absolute Gasteiger partial charge is 0.497 e. The molecule has 1 aromatic rings. The fraction of sp³-hybridized carbons (Fsp3) is 0.538. The Labute approximate surface area is 102 Å². The molecule has 0 aliphatic rings. The van der Waals surface area contributed by atoms with E-state index in [0.29, 0.717) is 17.9 Å². The van der Waals surface area contributed by atoms with Crippen LogP contribution in [0.25, 0.3) is 0 Å². The number of methoxy groups -OCH3 is 3. The molecule has 1 rings (SSSR count). The summed E-state index contributed by atoms with van der Waals surface area (Å²) in [6.07, 6.45) is -0.129. The topological polar surface area (TPSA) is 47.9 Å². The van der Waals surface area contributed by atoms with Gasteiger partial charge < -0.3 is 19.3 Å². The van der Waals surface area contributed by atoms with Gasteiger partial charge >= 0.3 is 0 Å². The first-order valence-corrected chi connectivity index (χ1v) is 5.55. The van der Waals surface area contributed by atoms with Crippen LogP contribution in [0.2, 0.25) is 0 Å². The number of ether oxygens (including phenoxy) is 3. The van der Waals surface area contributed by atoms with Crippen molar-refractivity contribution in [1.82, 2.24) is 0 Å². The van der Waals surface area contributed by atoms with Gasteiger partial charge in [0.1, 0.15) is 11.5 Å². The van der Waals surface area contributed by atoms with E-state index >= 15 is 0 Å². The van der Waals surface area contributed by atoms with Gasteiger partial charge in [0.25, 0.3) is 0 Å². The molecule has 2 unspecified atom stereocenters. The highest BCUT2D eigenvalue weighted by Gasteiger charge is 2.17. The summed E-state index contributed by atoms with van der Waals surface area (Å²) in [5.41, 5.74) is 0.718. The Morgan fingerprint density at radius 1 is 1.18 bits per heavy atom. The van der Waals surface area contributed by atoms with Crippen molar-refractivity contribution >= 4 is 0 Å². The third kappa shape index (κ3) is 3.61. The molecular formula is C13H20O4. The molecule has 0 heterocycles. The van der Waals surface area contributed by atoms with E-state index in [1.807, 2.05) is 6.92 Å². The average molecular weight is 240 g/mol. The molecule has 1 N–H and O–H groups in total. The summed E-state index contributed by atoms with van der Waals surface area (Å²) < 4.78 is 15.5. The van der Waals surface area contributed by atoms with Crippen molar-refractivity contribution in [1.29, 1.82) is 0 Å². The summed E-state index contributed by atoms with van der Waals surface area (Å²) in [4.78, 5) is 0. The monoisotopic (exact) mass is 240 g/mol. The first-order chi connectivity index (χ1) is 8.12. The van der Waals surface area contributed by atoms with Crippen LogP contribution in [-0.2, 0) is 4.74 Å². The Morgan fingerprint density at radius 3 is 2.41 bits per heavy atom. The first-order valence-electron chi connectivity index (χ1n) is 5.55. The standard InChI is InChI=1S/C13H20O4/c1-9(15-2)7-12(14)11-8-10(16-3)5-6-13(11)17-4/h5-6,8-9,12,14H,7H2,1-4H3. The van der Waals surface area contributed by atoms with Gasteiger partial charge in [-0.25, -0.2) is 0 Å². The maximum absolute atomic E-state index is 10.1. The minimum Gasteiger partial charge on any atom is -0.497 e. The van der Waals surface area contributed by atoms with Crippen LogP contribution in [0.5, 0.6) is 11.5 Å². The normalized spacial score (nSPS) is 14.2. The molecule has 4 nitrogen and oxygen atoms in total. The van der Waals surface area contributed by atoms with Gasteiger partial charge in [-0.1, -0.05) is 0 Å². The Morgan fingerprint density at radius 2 is 1.88 bits per heavy atom. The third-order valence-corrected chi connectivity index (χ3v) is 2.75. The summed E-state index contributed by atoms with van der Waals surface area (Å²) >= 11 is 0. The van der Waals surface area contributed by atoms with Crippen LogP contribution in [0.1, 0.15) is 25.0 Å². The molecule has 0 amide bonds. The smallest absolute Gasteiger partial charge is 0.124 e. The van der Waals surface area contributed by atoms with E-state index in [1.54, 1.807) is 39.5 Å². The number of rotatable bonds is 6. The van der Waals surface area contributed by atoms with E-state index in [-0.39, 0.29) is 6.10 Å². The van der Waals surface area contributed by atoms with Crippen molar-refractivity contribution in [2.45, 2.75) is 25.6 Å². The lowest BCUT2D eigenvalue weighted by Gasteiger charge is -2.18. The number of hydrogen-bond acceptors (Lipinski definition) is 4. The second-order valence-electron chi connectivity index (χ2n) is 3.91. The molecule has 2 atom stereocenters. The van der Waals surface area contributed by atoms with E-state index in [9.17, 15) is 5.11 Å². The Balaban J connectivity index is 2.92. The van der Waals surface area contributed by atoms with Gasteiger partial charge in [0.15, 0.2) is 0 Å². The van der Waals surface area contributed by atoms with Crippen molar-refractivity contribution in [3.63, 3.8) is 0 Å². The number of aliphatic hydroxyl groups excluding tert-OH is 1. The maximum atomic E-state index is 10.1. The van der Waals surface area contributed by atoms with Crippen LogP contribution in [-0.4, -0.2) is 32.5 Å². The van der Waals surface area contributed by atoms with Gasteiger partial charge in [0.05, 0.1) is 26.4 Å². The minimum atomic E-state index is -0.630. The predicted octanol–water partition coefficient (Wildman–Crippen LogP) is 2.16. The molecule has 0 radical (unpaired) electrons. The molecule has 0 spiro atoms. The van der Waals surface area contributed by atoms with Crippen LogP contribution in [0.15, 0.2) is 18.2 Å². The van der Waals surface area contributed by atoms with E-state index in [1.165, 1.54) is 0 Å². The summed E-state index contributed by atoms with van der Waals surface area (Å²) in [6.45, 7) is 1.91. The summed E-state index contributed by atoms with van der Waals surface area (Å²) in [6, 6.07) is 5.37. The summed E-state index contributed by atoms with van der Waals surface area (Å²) in [5.74, 6) is 1.35. The number of hydrogen-bond donors (Lipinski definition) is 1. The second-order valence-corrected chi connectivity index (χ2v) is 3.91. The van der Waals surface area contributed by atoms with Crippen LogP contribution in [0.4, 0.5) is 0 Å². The lowest BCUT2D eigenvalue weighted by Crippen LogP contribution is -2.11. The van der Waals surface area contributed by atoms with Gasteiger partial charge in [-0.3, -0.25) is 0 Å². The van der Waals surface area contributed by atoms with Crippen molar-refractivity contribution in [3.8, 4) is 11.5 Å². The third-order valence-electron chi connectivity index (χ3n) is 2.75. The van der Waals surface area contributed by atoms with Gasteiger partial charge in [-0.2, -0.15) is 0 Å². The highest BCUT2D eigenvalue weighted by atomic mass is 16.5. The molecule has 0 aliphatic carbocycles. The zero-order valence-corrected chi connectivity index (χ0v) is 10.8. The lowest BCUT2D eigenvalue weighted by molar-refractivity contribution is 0.0549. The Kier molecular flexibility index (Phi) is 5.25. The molecule has 0 bridgehead atoms. The Hall–Kier alpha value is -1.26. The number of benzene rings is 1. The molecular weight excluding hydrogens is 220 g/mol. The second kappa shape index (κ2) is 6.47. The molecule has 17 heavy (non-hydrogen) atoms. The average Bonchev–Trinajstić information content (AvgIpc) is 2.37. The molecule has 0 fully saturated rings. The van der Waals surface area contributed by atoms with E-state index in [2.05, 4.69) is 0 Å². The van der Waals surface area contributed by atoms with Crippen LogP contribution in [0.3, 0.4) is 0 Å². The van der Waals surface area contributed by atoms with Crippen molar-refractivity contribution in [2.24, 2.45) is 0 Å². The molecule has 1 aromatic carbocycles. The van der Waals surface area contributed by atoms with Gasteiger partial charge in [0, 0.05) is 19.1 Å². The first kappa shape index (κ1) is 13.8. The van der Waals surface area contributed by atoms with Crippen molar-refractivity contribution < 1.29 is 19.3 Å². The van der Waals surface area contributed by atoms with Crippen LogP contribution in [0, 0.1) is 0 Å². The molecule has 0 aliphatic heterocycles. The molecule has 0 saturated carbocycles. The molecule has 0 saturated heterocycles. The van der Waals surface area contributed by atoms with Gasteiger partial charge in [-0.05, 0) is 25.1 Å². The molecule has 4 heteroatoms. The van der Waals surface area contributed by atoms with Crippen LogP contribution < -0.4 is 9.47 Å². The van der Waals surface area contributed by atoms with Gasteiger partial charge in [0.2, 0.25) is 0 Å². The summed E-state index contributed by atoms with van der Waals surface area (Å²) in [5, 5.41) is 10.1. The fourth-order valence-corrected chi connectivity index (χ4v) is 1.64. The van der Waals surface area contributed by atoms with Gasteiger partial charge in [-0.15, -0.1) is 0 Å². The van der Waals surface area contributed by atoms with Crippen molar-refractivity contribution in [3.05, 3.63) is 23.8 Å². The zero-order valence-electron chi connectivity index (χ0n) is 10.8. The zero-order chi connectivity index (χ0) is 12.8. The molecule has 96 valence electrons. The predicted molar refractivity (Wildman–Crippen MR) is 65.6 cm³/mol. The van der Waals surface area contributed by atoms with Crippen molar-refractivity contribution in [2.75, 3.05) is 21.3 Å². The lowest BCUT2D eigenvalue weighted by atomic mass is 10.0. The van der Waals surface area contributed by atoms with Crippen LogP contribution >= 0.6 is 0 Å². The SMILES string of the molecule is COc1ccc(OC)c(C(O)CC(C)OC)c1. The summed E-state index contributed by atoms with van der Waals surface area (Å²) in [7, 11) is 4.80. The minimum absolute atomic E-state index is 0.0130. The highest BCUT2D eigenvalue weighted by Crippen LogP contribution is 2.31. The highest BCUT2D eigenvalue weighted by molar-refractivity contribution is 5.41. The quantitative estimate of drug-likeness (QED) is 0.827. The Bertz CT molecular complexity index is 351. The molecule has 0 aromatic heterocycles. The maximum Gasteiger partial charge on any atom is 0.124 e. The van der Waals surface area contributed by atoms with E-state index in [0.717, 1.165) is 5.56 Å². The van der Waals surface area contributed by atoms with E-state index < -0.39 is 6.10 Å². The van der Waals surface area contributed by atoms with E-state index in [4.69, 9.17) is 14.2 Å². The fourth-order valence-electron chi connectivity index (χ4n) is 1.64. The number of aliphatic hydroxyl groups is 1.